The predicted octanol–water partition coefficient (Wildman–Crippen LogP) is 2.07. The lowest BCUT2D eigenvalue weighted by molar-refractivity contribution is -0.105. The number of allylic oxidation sites excluding steroid dienone is 1. The van der Waals surface area contributed by atoms with Gasteiger partial charge in [0.25, 0.3) is 0 Å². The number of hydrogen-bond acceptors (Lipinski definition) is 3. The van der Waals surface area contributed by atoms with Crippen LogP contribution in [0.4, 0.5) is 0 Å². The highest BCUT2D eigenvalue weighted by Crippen LogP contribution is 2.59. The average molecular weight is 252 g/mol. The first kappa shape index (κ1) is 13.8. The Hall–Kier alpha value is -0.670. The summed E-state index contributed by atoms with van der Waals surface area (Å²) in [6, 6.07) is 0. The zero-order valence-electron chi connectivity index (χ0n) is 11.7. The molecule has 0 bridgehead atoms. The van der Waals surface area contributed by atoms with E-state index in [-0.39, 0.29) is 22.9 Å². The van der Waals surface area contributed by atoms with E-state index in [4.69, 9.17) is 0 Å². The third-order valence-electron chi connectivity index (χ3n) is 4.98. The van der Waals surface area contributed by atoms with Crippen LogP contribution in [0.3, 0.4) is 0 Å². The first-order chi connectivity index (χ1) is 8.21. The molecule has 2 rings (SSSR count). The van der Waals surface area contributed by atoms with Crippen molar-refractivity contribution in [2.75, 3.05) is 0 Å². The second-order valence-corrected chi connectivity index (χ2v) is 7.10. The van der Waals surface area contributed by atoms with Crippen molar-refractivity contribution in [2.24, 2.45) is 16.7 Å². The first-order valence-electron chi connectivity index (χ1n) is 6.74. The van der Waals surface area contributed by atoms with Gasteiger partial charge in [-0.15, -0.1) is 0 Å². The highest BCUT2D eigenvalue weighted by Gasteiger charge is 2.56. The molecule has 0 heterocycles. The smallest absolute Gasteiger partial charge is 0.145 e. The van der Waals surface area contributed by atoms with Gasteiger partial charge in [0, 0.05) is 0 Å². The molecule has 102 valence electrons. The fraction of sp³-hybridized carbons (Fsp3) is 0.800. The lowest BCUT2D eigenvalue weighted by Crippen LogP contribution is -2.50. The maximum Gasteiger partial charge on any atom is 0.145 e. The van der Waals surface area contributed by atoms with Crippen molar-refractivity contribution in [1.29, 1.82) is 0 Å². The molecule has 0 amide bonds. The number of carbonyl (C=O) groups is 1. The Kier molecular flexibility index (Phi) is 3.19. The fourth-order valence-corrected chi connectivity index (χ4v) is 4.16. The second-order valence-electron chi connectivity index (χ2n) is 7.10. The maximum absolute atomic E-state index is 11.0. The Morgan fingerprint density at radius 1 is 1.22 bits per heavy atom. The number of aliphatic hydroxyl groups is 2. The number of rotatable bonds is 2. The standard InChI is InChI=1S/C15H24O3/c1-9(8-16)13-12(18)7-15(13,4)10-5-14(2,3)6-11(10)17/h8,10-12,17-18H,5-7H2,1-4H3/b13-9-/t10?,11-,12-,15+/m0/s1. The largest absolute Gasteiger partial charge is 0.393 e. The molecule has 0 spiro atoms. The third-order valence-corrected chi connectivity index (χ3v) is 4.98. The number of carbonyl (C=O) groups excluding carboxylic acids is 1. The van der Waals surface area contributed by atoms with Crippen LogP contribution in [-0.2, 0) is 4.79 Å². The molecule has 2 aliphatic carbocycles. The van der Waals surface area contributed by atoms with Gasteiger partial charge in [-0.05, 0) is 54.1 Å². The first-order valence-corrected chi connectivity index (χ1v) is 6.74. The van der Waals surface area contributed by atoms with Crippen molar-refractivity contribution in [1.82, 2.24) is 0 Å². The fourth-order valence-electron chi connectivity index (χ4n) is 4.16. The van der Waals surface area contributed by atoms with Crippen LogP contribution in [-0.4, -0.2) is 28.7 Å². The van der Waals surface area contributed by atoms with Gasteiger partial charge in [-0.2, -0.15) is 0 Å². The van der Waals surface area contributed by atoms with Gasteiger partial charge in [0.15, 0.2) is 0 Å². The molecule has 0 aliphatic heterocycles. The van der Waals surface area contributed by atoms with Crippen molar-refractivity contribution < 1.29 is 15.0 Å². The predicted molar refractivity (Wildman–Crippen MR) is 70.0 cm³/mol. The lowest BCUT2D eigenvalue weighted by Gasteiger charge is -2.51. The molecule has 3 nitrogen and oxygen atoms in total. The van der Waals surface area contributed by atoms with E-state index in [1.165, 1.54) is 0 Å². The Morgan fingerprint density at radius 3 is 2.22 bits per heavy atom. The van der Waals surface area contributed by atoms with Crippen LogP contribution < -0.4 is 0 Å². The maximum atomic E-state index is 11.0. The highest BCUT2D eigenvalue weighted by molar-refractivity contribution is 5.75. The molecular formula is C15H24O3. The van der Waals surface area contributed by atoms with E-state index in [0.29, 0.717) is 12.0 Å². The van der Waals surface area contributed by atoms with Crippen molar-refractivity contribution in [2.45, 2.75) is 59.2 Å². The molecule has 4 atom stereocenters. The van der Waals surface area contributed by atoms with Crippen molar-refractivity contribution in [3.05, 3.63) is 11.1 Å². The second kappa shape index (κ2) is 4.17. The highest BCUT2D eigenvalue weighted by atomic mass is 16.3. The average Bonchev–Trinajstić information content (AvgIpc) is 2.51. The van der Waals surface area contributed by atoms with E-state index in [0.717, 1.165) is 24.7 Å². The van der Waals surface area contributed by atoms with Gasteiger partial charge in [-0.25, -0.2) is 0 Å². The van der Waals surface area contributed by atoms with E-state index >= 15 is 0 Å². The van der Waals surface area contributed by atoms with Crippen LogP contribution in [0.5, 0.6) is 0 Å². The minimum Gasteiger partial charge on any atom is -0.393 e. The summed E-state index contributed by atoms with van der Waals surface area (Å²) in [4.78, 5) is 11.0. The summed E-state index contributed by atoms with van der Waals surface area (Å²) in [5.74, 6) is 0.154. The summed E-state index contributed by atoms with van der Waals surface area (Å²) in [5, 5.41) is 20.2. The monoisotopic (exact) mass is 252 g/mol. The van der Waals surface area contributed by atoms with Gasteiger partial charge < -0.3 is 10.2 Å². The summed E-state index contributed by atoms with van der Waals surface area (Å²) in [7, 11) is 0. The van der Waals surface area contributed by atoms with Crippen LogP contribution in [0, 0.1) is 16.7 Å². The molecule has 0 saturated heterocycles. The molecule has 3 heteroatoms. The van der Waals surface area contributed by atoms with E-state index in [1.54, 1.807) is 6.92 Å². The van der Waals surface area contributed by atoms with E-state index in [9.17, 15) is 15.0 Å². The van der Waals surface area contributed by atoms with Crippen LogP contribution in [0.25, 0.3) is 0 Å². The quantitative estimate of drug-likeness (QED) is 0.584. The summed E-state index contributed by atoms with van der Waals surface area (Å²) in [6.45, 7) is 8.18. The van der Waals surface area contributed by atoms with Crippen LogP contribution >= 0.6 is 0 Å². The molecule has 0 aromatic rings. The van der Waals surface area contributed by atoms with Crippen molar-refractivity contribution >= 4 is 6.29 Å². The Labute approximate surface area is 109 Å². The Balaban J connectivity index is 2.31. The molecule has 0 radical (unpaired) electrons. The minimum absolute atomic E-state index is 0.147. The van der Waals surface area contributed by atoms with E-state index in [1.807, 2.05) is 0 Å². The Bertz CT molecular complexity index is 397. The normalized spacial score (nSPS) is 45.6. The zero-order chi connectivity index (χ0) is 13.7. The summed E-state index contributed by atoms with van der Waals surface area (Å²) in [6.07, 6.45) is 2.40. The molecule has 0 aromatic heterocycles. The van der Waals surface area contributed by atoms with Crippen LogP contribution in [0.1, 0.15) is 47.0 Å². The molecule has 1 unspecified atom stereocenters. The minimum atomic E-state index is -0.504. The van der Waals surface area contributed by atoms with Crippen molar-refractivity contribution in [3.63, 3.8) is 0 Å². The lowest BCUT2D eigenvalue weighted by atomic mass is 9.55. The topological polar surface area (TPSA) is 57.5 Å². The molecule has 18 heavy (non-hydrogen) atoms. The molecule has 2 fully saturated rings. The summed E-state index contributed by atoms with van der Waals surface area (Å²) in [5.41, 5.74) is 1.42. The molecule has 2 saturated carbocycles. The van der Waals surface area contributed by atoms with Gasteiger partial charge in [0.05, 0.1) is 12.2 Å². The van der Waals surface area contributed by atoms with Gasteiger partial charge in [-0.1, -0.05) is 20.8 Å². The summed E-state index contributed by atoms with van der Waals surface area (Å²) >= 11 is 0. The molecule has 2 aliphatic rings. The van der Waals surface area contributed by atoms with E-state index in [2.05, 4.69) is 20.8 Å². The van der Waals surface area contributed by atoms with Crippen LogP contribution in [0.2, 0.25) is 0 Å². The zero-order valence-corrected chi connectivity index (χ0v) is 11.7. The number of aldehydes is 1. The van der Waals surface area contributed by atoms with E-state index < -0.39 is 6.10 Å². The van der Waals surface area contributed by atoms with Gasteiger partial charge >= 0.3 is 0 Å². The van der Waals surface area contributed by atoms with Gasteiger partial charge in [0.2, 0.25) is 0 Å². The van der Waals surface area contributed by atoms with Crippen LogP contribution in [0.15, 0.2) is 11.1 Å². The molecule has 0 aromatic carbocycles. The molecular weight excluding hydrogens is 228 g/mol. The SMILES string of the molecule is C/C(C=O)=C1\[C@@H](O)C[C@]1(C)C1CC(C)(C)C[C@@H]1O. The Morgan fingerprint density at radius 2 is 1.83 bits per heavy atom. The van der Waals surface area contributed by atoms with Gasteiger partial charge in [0.1, 0.15) is 6.29 Å². The van der Waals surface area contributed by atoms with Crippen molar-refractivity contribution in [3.8, 4) is 0 Å². The third kappa shape index (κ3) is 1.94. The summed E-state index contributed by atoms with van der Waals surface area (Å²) < 4.78 is 0. The number of hydrogen-bond donors (Lipinski definition) is 2. The molecule has 2 N–H and O–H groups in total. The van der Waals surface area contributed by atoms with Gasteiger partial charge in [-0.3, -0.25) is 4.79 Å². The number of aliphatic hydroxyl groups excluding tert-OH is 2.